The van der Waals surface area contributed by atoms with Crippen LogP contribution in [0.5, 0.6) is 0 Å². The molecular formula is C47H37F3IrN2O-2. The Labute approximate surface area is 338 Å². The van der Waals surface area contributed by atoms with E-state index in [1.54, 1.807) is 36.5 Å². The first-order valence-electron chi connectivity index (χ1n) is 20.7. The van der Waals surface area contributed by atoms with E-state index in [-0.39, 0.29) is 36.8 Å². The number of nitrogens with zero attached hydrogens (tertiary/aromatic N) is 2. The number of aromatic nitrogens is 2. The van der Waals surface area contributed by atoms with Crippen molar-refractivity contribution < 1.29 is 48.7 Å². The van der Waals surface area contributed by atoms with Crippen LogP contribution in [0.1, 0.15) is 41.5 Å². The predicted molar refractivity (Wildman–Crippen MR) is 208 cm³/mol. The second-order valence-corrected chi connectivity index (χ2v) is 12.9. The molecule has 0 aliphatic heterocycles. The van der Waals surface area contributed by atoms with E-state index in [2.05, 4.69) is 22.1 Å². The van der Waals surface area contributed by atoms with Gasteiger partial charge in [-0.15, -0.1) is 47.5 Å². The van der Waals surface area contributed by atoms with E-state index in [1.807, 2.05) is 72.8 Å². The topological polar surface area (TPSA) is 38.9 Å². The van der Waals surface area contributed by atoms with Gasteiger partial charge in [-0.2, -0.15) is 13.2 Å². The molecule has 7 heteroatoms. The van der Waals surface area contributed by atoms with Gasteiger partial charge in [0.2, 0.25) is 0 Å². The van der Waals surface area contributed by atoms with Gasteiger partial charge in [0.25, 0.3) is 0 Å². The first-order chi connectivity index (χ1) is 28.7. The van der Waals surface area contributed by atoms with Crippen LogP contribution in [0.2, 0.25) is 0 Å². The van der Waals surface area contributed by atoms with Gasteiger partial charge in [-0.05, 0) is 64.6 Å². The third kappa shape index (κ3) is 8.23. The van der Waals surface area contributed by atoms with Crippen molar-refractivity contribution in [1.82, 2.24) is 9.97 Å². The monoisotopic (exact) mass is 903 g/mol. The summed E-state index contributed by atoms with van der Waals surface area (Å²) in [5.41, 5.74) is 4.62. The van der Waals surface area contributed by atoms with E-state index in [0.29, 0.717) is 33.7 Å². The number of pyridine rings is 2. The van der Waals surface area contributed by atoms with Crippen LogP contribution in [0, 0.1) is 31.3 Å². The quantitative estimate of drug-likeness (QED) is 0.156. The first kappa shape index (κ1) is 29.1. The average molecular weight is 903 g/mol. The van der Waals surface area contributed by atoms with Crippen molar-refractivity contribution in [3.8, 4) is 44.8 Å². The van der Waals surface area contributed by atoms with E-state index >= 15 is 0 Å². The van der Waals surface area contributed by atoms with Crippen LogP contribution in [0.15, 0.2) is 144 Å². The largest absolute Gasteiger partial charge is 0.501 e. The van der Waals surface area contributed by atoms with Crippen molar-refractivity contribution in [2.75, 3.05) is 0 Å². The van der Waals surface area contributed by atoms with Crippen molar-refractivity contribution in [3.63, 3.8) is 0 Å². The molecule has 1 radical (unpaired) electrons. The van der Waals surface area contributed by atoms with Crippen LogP contribution in [-0.4, -0.2) is 16.1 Å². The molecule has 0 fully saturated rings. The number of halogens is 3. The van der Waals surface area contributed by atoms with Crippen molar-refractivity contribution in [2.45, 2.75) is 40.1 Å². The zero-order valence-electron chi connectivity index (χ0n) is 37.0. The van der Waals surface area contributed by atoms with E-state index in [4.69, 9.17) is 15.4 Å². The Hall–Kier alpha value is -5.36. The number of furan rings is 1. The van der Waals surface area contributed by atoms with Crippen molar-refractivity contribution in [2.24, 2.45) is 5.41 Å². The Balaban J connectivity index is 0.000000213. The standard InChI is InChI=1S/C28H21F3NO.C19H16N.Ir/c1-27(2,28(29,30)31)17-18-10-12-19(13-11-18)20-14-15-32-24(16-20)23-8-5-7-22-21-6-3-4-9-25(21)33-26(22)23;1-14-8-11-19(20-13-14)17-10-9-15(2)18(12-17)16-6-4-3-5-7-16;/h3-7,9-16H,17H2,1-2H3;3-9,11-13H,1-2H3;/q2*-1;/i17D2;1D3,2D3;. The second-order valence-electron chi connectivity index (χ2n) is 12.9. The Bertz CT molecular complexity index is 2820. The van der Waals surface area contributed by atoms with Crippen LogP contribution in [-0.2, 0) is 26.5 Å². The summed E-state index contributed by atoms with van der Waals surface area (Å²) in [4.78, 5) is 8.71. The van der Waals surface area contributed by atoms with Gasteiger partial charge in [0, 0.05) is 48.9 Å². The molecule has 0 unspecified atom stereocenters. The molecule has 0 atom stereocenters. The van der Waals surface area contributed by atoms with Crippen LogP contribution >= 0.6 is 0 Å². The molecule has 0 aliphatic carbocycles. The molecule has 0 spiro atoms. The fourth-order valence-electron chi connectivity index (χ4n) is 5.85. The van der Waals surface area contributed by atoms with Gasteiger partial charge < -0.3 is 14.4 Å². The Kier molecular flexibility index (Phi) is 8.57. The summed E-state index contributed by atoms with van der Waals surface area (Å²) in [5, 5.41) is 1.96. The minimum atomic E-state index is -4.69. The molecule has 54 heavy (non-hydrogen) atoms. The third-order valence-electron chi connectivity index (χ3n) is 8.81. The van der Waals surface area contributed by atoms with Crippen LogP contribution in [0.4, 0.5) is 13.2 Å². The summed E-state index contributed by atoms with van der Waals surface area (Å²) in [6, 6.07) is 43.0. The van der Waals surface area contributed by atoms with Gasteiger partial charge >= 0.3 is 6.18 Å². The summed E-state index contributed by atoms with van der Waals surface area (Å²) < 4.78 is 108. The smallest absolute Gasteiger partial charge is 0.394 e. The number of benzene rings is 5. The SMILES string of the molecule is [2H]C([2H])([2H])c1ccc(-c2[c-]cc(C([2H])([2H])[2H])c(-c3ccccc3)c2)nc1.[2H]C([2H])(c1ccc(-c2ccnc(-c3[c-]ccc4c3oc3ccccc34)c2)cc1)C(C)(C)C(F)(F)F.[Ir]. The van der Waals surface area contributed by atoms with E-state index in [9.17, 15) is 13.2 Å². The van der Waals surface area contributed by atoms with Crippen LogP contribution in [0.25, 0.3) is 66.7 Å². The molecular weight excluding hydrogens is 858 g/mol. The number of alkyl halides is 3. The summed E-state index contributed by atoms with van der Waals surface area (Å²) in [6.45, 7) is -2.72. The normalized spacial score (nSPS) is 14.5. The fraction of sp³-hybridized carbons (Fsp3) is 0.149. The maximum absolute atomic E-state index is 13.5. The third-order valence-corrected chi connectivity index (χ3v) is 8.81. The van der Waals surface area contributed by atoms with E-state index in [0.717, 1.165) is 46.9 Å². The summed E-state index contributed by atoms with van der Waals surface area (Å²) in [6.07, 6.45) is -4.32. The first-order valence-corrected chi connectivity index (χ1v) is 16.7. The van der Waals surface area contributed by atoms with Crippen molar-refractivity contribution in [3.05, 3.63) is 169 Å². The Morgan fingerprint density at radius 1 is 0.741 bits per heavy atom. The molecule has 3 nitrogen and oxygen atoms in total. The number of hydrogen-bond acceptors (Lipinski definition) is 3. The summed E-state index contributed by atoms with van der Waals surface area (Å²) in [5.74, 6) is 0. The van der Waals surface area contributed by atoms with Gasteiger partial charge in [-0.25, -0.2) is 0 Å². The van der Waals surface area contributed by atoms with E-state index < -0.39 is 31.7 Å². The summed E-state index contributed by atoms with van der Waals surface area (Å²) in [7, 11) is 0. The molecule has 3 aromatic heterocycles. The van der Waals surface area contributed by atoms with Crippen LogP contribution in [0.3, 0.4) is 0 Å². The number of hydrogen-bond donors (Lipinski definition) is 0. The molecule has 273 valence electrons. The molecule has 8 rings (SSSR count). The van der Waals surface area contributed by atoms with Gasteiger partial charge in [0.05, 0.1) is 11.0 Å². The van der Waals surface area contributed by atoms with Gasteiger partial charge in [-0.3, -0.25) is 0 Å². The number of para-hydroxylation sites is 1. The molecule has 0 bridgehead atoms. The van der Waals surface area contributed by atoms with Gasteiger partial charge in [0.1, 0.15) is 5.58 Å². The molecule has 0 aliphatic rings. The predicted octanol–water partition coefficient (Wildman–Crippen LogP) is 13.1. The second kappa shape index (κ2) is 15.9. The number of rotatable bonds is 6. The molecule has 0 saturated carbocycles. The maximum atomic E-state index is 13.5. The van der Waals surface area contributed by atoms with Gasteiger partial charge in [-0.1, -0.05) is 128 Å². The van der Waals surface area contributed by atoms with Crippen molar-refractivity contribution in [1.29, 1.82) is 0 Å². The Morgan fingerprint density at radius 2 is 1.52 bits per heavy atom. The molecule has 0 N–H and O–H groups in total. The van der Waals surface area contributed by atoms with Crippen LogP contribution < -0.4 is 0 Å². The summed E-state index contributed by atoms with van der Waals surface area (Å²) >= 11 is 0. The zero-order chi connectivity index (χ0) is 44.0. The average Bonchev–Trinajstić information content (AvgIpc) is 3.62. The maximum Gasteiger partial charge on any atom is 0.394 e. The minimum absolute atomic E-state index is 0. The molecule has 0 amide bonds. The Morgan fingerprint density at radius 3 is 2.24 bits per heavy atom. The number of fused-ring (bicyclic) bond motifs is 3. The number of aryl methyl sites for hydroxylation is 2. The van der Waals surface area contributed by atoms with E-state index in [1.165, 1.54) is 30.5 Å². The molecule has 3 heterocycles. The van der Waals surface area contributed by atoms with Crippen molar-refractivity contribution >= 4 is 21.9 Å². The fourth-order valence-corrected chi connectivity index (χ4v) is 5.85. The zero-order valence-corrected chi connectivity index (χ0v) is 31.4. The minimum Gasteiger partial charge on any atom is -0.501 e. The molecule has 5 aromatic carbocycles. The molecule has 0 saturated heterocycles. The molecule has 8 aromatic rings. The van der Waals surface area contributed by atoms with Gasteiger partial charge in [0.15, 0.2) is 0 Å².